The largest absolute Gasteiger partial charge is 0.369 e. The van der Waals surface area contributed by atoms with E-state index in [0.29, 0.717) is 28.3 Å². The fourth-order valence-corrected chi connectivity index (χ4v) is 5.51. The number of thiophene rings is 2. The van der Waals surface area contributed by atoms with Crippen molar-refractivity contribution in [1.82, 2.24) is 9.55 Å². The summed E-state index contributed by atoms with van der Waals surface area (Å²) in [4.78, 5) is 31.1. The van der Waals surface area contributed by atoms with Crippen LogP contribution in [0.15, 0.2) is 63.2 Å². The molecule has 0 spiro atoms. The molecule has 0 aliphatic rings. The molecule has 0 saturated heterocycles. The Morgan fingerprint density at radius 2 is 1.96 bits per heavy atom. The topological polar surface area (TPSA) is 78.0 Å². The second-order valence-corrected chi connectivity index (χ2v) is 8.90. The number of primary amides is 1. The van der Waals surface area contributed by atoms with Crippen LogP contribution in [0.4, 0.5) is 0 Å². The molecule has 0 saturated carbocycles. The first-order valence-electron chi connectivity index (χ1n) is 8.64. The Kier molecular flexibility index (Phi) is 5.61. The number of aryl methyl sites for hydroxylation is 1. The molecule has 0 aliphatic heterocycles. The molecule has 3 aromatic heterocycles. The lowest BCUT2D eigenvalue weighted by Gasteiger charge is -2.12. The lowest BCUT2D eigenvalue weighted by atomic mass is 10.1. The number of rotatable bonds is 7. The van der Waals surface area contributed by atoms with Crippen LogP contribution in [0, 0.1) is 0 Å². The van der Waals surface area contributed by atoms with Crippen LogP contribution < -0.4 is 11.3 Å². The van der Waals surface area contributed by atoms with E-state index in [9.17, 15) is 9.59 Å². The molecule has 0 bridgehead atoms. The minimum absolute atomic E-state index is 0.0717. The molecular weight excluding hydrogens is 410 g/mol. The average Bonchev–Trinajstić information content (AvgIpc) is 3.36. The SMILES string of the molecule is NC(=O)CSc1nc2scc(-c3cccs3)c2c(=O)n1CCc1ccccc1. The highest BCUT2D eigenvalue weighted by atomic mass is 32.2. The number of thioether (sulfide) groups is 1. The van der Waals surface area contributed by atoms with Crippen molar-refractivity contribution >= 4 is 50.6 Å². The van der Waals surface area contributed by atoms with Crippen molar-refractivity contribution < 1.29 is 4.79 Å². The predicted molar refractivity (Wildman–Crippen MR) is 117 cm³/mol. The van der Waals surface area contributed by atoms with Crippen molar-refractivity contribution in [1.29, 1.82) is 0 Å². The van der Waals surface area contributed by atoms with Crippen molar-refractivity contribution in [2.75, 3.05) is 5.75 Å². The van der Waals surface area contributed by atoms with Gasteiger partial charge in [-0.2, -0.15) is 0 Å². The van der Waals surface area contributed by atoms with Gasteiger partial charge in [0.1, 0.15) is 4.83 Å². The monoisotopic (exact) mass is 427 g/mol. The number of nitrogens with two attached hydrogens (primary N) is 1. The smallest absolute Gasteiger partial charge is 0.263 e. The van der Waals surface area contributed by atoms with Gasteiger partial charge in [0, 0.05) is 22.4 Å². The molecule has 1 aromatic carbocycles. The first kappa shape index (κ1) is 18.9. The van der Waals surface area contributed by atoms with Gasteiger partial charge >= 0.3 is 0 Å². The summed E-state index contributed by atoms with van der Waals surface area (Å²) in [6.07, 6.45) is 0.705. The maximum Gasteiger partial charge on any atom is 0.263 e. The lowest BCUT2D eigenvalue weighted by Crippen LogP contribution is -2.25. The van der Waals surface area contributed by atoms with Crippen molar-refractivity contribution in [2.24, 2.45) is 5.73 Å². The van der Waals surface area contributed by atoms with E-state index in [2.05, 4.69) is 0 Å². The average molecular weight is 428 g/mol. The van der Waals surface area contributed by atoms with Crippen molar-refractivity contribution in [3.05, 3.63) is 69.1 Å². The molecule has 2 N–H and O–H groups in total. The number of carbonyl (C=O) groups is 1. The van der Waals surface area contributed by atoms with Crippen LogP contribution in [0.2, 0.25) is 0 Å². The lowest BCUT2D eigenvalue weighted by molar-refractivity contribution is -0.115. The highest BCUT2D eigenvalue weighted by Crippen LogP contribution is 2.34. The summed E-state index contributed by atoms with van der Waals surface area (Å²) in [6.45, 7) is 0.493. The molecule has 0 aliphatic carbocycles. The van der Waals surface area contributed by atoms with E-state index in [1.165, 1.54) is 23.1 Å². The Balaban J connectivity index is 1.79. The number of benzene rings is 1. The van der Waals surface area contributed by atoms with Gasteiger partial charge < -0.3 is 5.73 Å². The second kappa shape index (κ2) is 8.30. The third-order valence-electron chi connectivity index (χ3n) is 4.26. The van der Waals surface area contributed by atoms with Crippen molar-refractivity contribution in [3.63, 3.8) is 0 Å². The van der Waals surface area contributed by atoms with E-state index >= 15 is 0 Å². The van der Waals surface area contributed by atoms with E-state index in [0.717, 1.165) is 16.0 Å². The van der Waals surface area contributed by atoms with Crippen molar-refractivity contribution in [2.45, 2.75) is 18.1 Å². The zero-order valence-electron chi connectivity index (χ0n) is 14.8. The molecule has 8 heteroatoms. The Morgan fingerprint density at radius 3 is 2.68 bits per heavy atom. The summed E-state index contributed by atoms with van der Waals surface area (Å²) in [6, 6.07) is 14.0. The molecule has 1 amide bonds. The third-order valence-corrected chi connectivity index (χ3v) is 7.03. The molecule has 0 unspecified atom stereocenters. The maximum absolute atomic E-state index is 13.4. The van der Waals surface area contributed by atoms with Crippen LogP contribution in [0.3, 0.4) is 0 Å². The molecule has 28 heavy (non-hydrogen) atoms. The first-order chi connectivity index (χ1) is 13.6. The van der Waals surface area contributed by atoms with E-state index in [1.807, 2.05) is 53.2 Å². The van der Waals surface area contributed by atoms with Gasteiger partial charge in [-0.15, -0.1) is 22.7 Å². The van der Waals surface area contributed by atoms with Crippen LogP contribution >= 0.6 is 34.4 Å². The Morgan fingerprint density at radius 1 is 1.14 bits per heavy atom. The fourth-order valence-electron chi connectivity index (χ4n) is 2.95. The van der Waals surface area contributed by atoms with Gasteiger partial charge in [0.2, 0.25) is 5.91 Å². The predicted octanol–water partition coefficient (Wildman–Crippen LogP) is 4.01. The molecule has 4 aromatic rings. The third kappa shape index (κ3) is 3.89. The highest BCUT2D eigenvalue weighted by molar-refractivity contribution is 7.99. The molecular formula is C20H17N3O2S3. The quantitative estimate of drug-likeness (QED) is 0.357. The number of fused-ring (bicyclic) bond motifs is 1. The fraction of sp³-hybridized carbons (Fsp3) is 0.150. The maximum atomic E-state index is 13.4. The number of hydrogen-bond acceptors (Lipinski definition) is 6. The number of hydrogen-bond donors (Lipinski definition) is 1. The van der Waals surface area contributed by atoms with E-state index in [4.69, 9.17) is 10.7 Å². The van der Waals surface area contributed by atoms with Gasteiger partial charge in [-0.3, -0.25) is 14.2 Å². The molecule has 142 valence electrons. The van der Waals surface area contributed by atoms with Gasteiger partial charge in [0.05, 0.1) is 11.1 Å². The molecule has 0 radical (unpaired) electrons. The normalized spacial score (nSPS) is 11.1. The van der Waals surface area contributed by atoms with Gasteiger partial charge in [-0.25, -0.2) is 4.98 Å². The van der Waals surface area contributed by atoms with Crippen LogP contribution in [0.5, 0.6) is 0 Å². The first-order valence-corrected chi connectivity index (χ1v) is 11.4. The number of nitrogens with zero attached hydrogens (tertiary/aromatic N) is 2. The highest BCUT2D eigenvalue weighted by Gasteiger charge is 2.18. The van der Waals surface area contributed by atoms with Gasteiger partial charge in [-0.1, -0.05) is 48.2 Å². The van der Waals surface area contributed by atoms with Crippen LogP contribution in [0.25, 0.3) is 20.7 Å². The second-order valence-electron chi connectivity index (χ2n) is 6.15. The number of carbonyl (C=O) groups excluding carboxylic acids is 1. The van der Waals surface area contributed by atoms with Crippen LogP contribution in [0.1, 0.15) is 5.56 Å². The Bertz CT molecular complexity index is 1160. The summed E-state index contributed by atoms with van der Waals surface area (Å²) in [5.41, 5.74) is 7.30. The van der Waals surface area contributed by atoms with Gasteiger partial charge in [0.25, 0.3) is 5.56 Å². The molecule has 4 rings (SSSR count). The number of amides is 1. The van der Waals surface area contributed by atoms with Crippen LogP contribution in [-0.2, 0) is 17.8 Å². The summed E-state index contributed by atoms with van der Waals surface area (Å²) in [5, 5.41) is 5.16. The van der Waals surface area contributed by atoms with E-state index in [1.54, 1.807) is 15.9 Å². The minimum Gasteiger partial charge on any atom is -0.369 e. The Labute approximate surface area is 173 Å². The zero-order chi connectivity index (χ0) is 19.5. The van der Waals surface area contributed by atoms with Gasteiger partial charge in [-0.05, 0) is 23.4 Å². The minimum atomic E-state index is -0.431. The van der Waals surface area contributed by atoms with E-state index in [-0.39, 0.29) is 11.3 Å². The standard InChI is InChI=1S/C20H17N3O2S3/c21-16(24)12-28-20-22-18-17(14(11-27-18)15-7-4-10-26-15)19(25)23(20)9-8-13-5-2-1-3-6-13/h1-7,10-11H,8-9,12H2,(H2,21,24). The summed E-state index contributed by atoms with van der Waals surface area (Å²) >= 11 is 4.27. The summed E-state index contributed by atoms with van der Waals surface area (Å²) in [7, 11) is 0. The summed E-state index contributed by atoms with van der Waals surface area (Å²) < 4.78 is 1.67. The molecule has 0 atom stereocenters. The van der Waals surface area contributed by atoms with E-state index < -0.39 is 5.91 Å². The molecule has 3 heterocycles. The Hall–Kier alpha value is -2.42. The van der Waals surface area contributed by atoms with Gasteiger partial charge in [0.15, 0.2) is 5.16 Å². The van der Waals surface area contributed by atoms with Crippen molar-refractivity contribution in [3.8, 4) is 10.4 Å². The molecule has 0 fully saturated rings. The number of aromatic nitrogens is 2. The van der Waals surface area contributed by atoms with Crippen LogP contribution in [-0.4, -0.2) is 21.2 Å². The summed E-state index contributed by atoms with van der Waals surface area (Å²) in [5.74, 6) is -0.341. The molecule has 5 nitrogen and oxygen atoms in total. The zero-order valence-corrected chi connectivity index (χ0v) is 17.3.